The number of aliphatic hydroxyl groups is 1. The molecule has 3 aromatic rings. The predicted octanol–water partition coefficient (Wildman–Crippen LogP) is 0.565. The summed E-state index contributed by atoms with van der Waals surface area (Å²) < 4.78 is 0. The van der Waals surface area contributed by atoms with Crippen molar-refractivity contribution in [2.24, 2.45) is 5.73 Å². The molecule has 0 aliphatic carbocycles. The van der Waals surface area contributed by atoms with Crippen LogP contribution >= 0.6 is 11.8 Å². The van der Waals surface area contributed by atoms with Gasteiger partial charge in [-0.25, -0.2) is 4.79 Å². The zero-order valence-electron chi connectivity index (χ0n) is 22.1. The van der Waals surface area contributed by atoms with Gasteiger partial charge in [0.25, 0.3) is 0 Å². The SMILES string of the molecule is CSCCC(NC(=O)C(CO)NC(=O)C(N)Cc1c[nH]c2ccccc12)C(=O)NC(Cc1ccccc1)C(=O)O. The number of nitrogens with two attached hydrogens (primary N) is 1. The number of thioether (sulfide) groups is 1. The molecular weight excluding hydrogens is 534 g/mol. The number of aliphatic hydroxyl groups excluding tert-OH is 1. The average molecular weight is 570 g/mol. The van der Waals surface area contributed by atoms with Gasteiger partial charge in [0.05, 0.1) is 12.6 Å². The van der Waals surface area contributed by atoms with E-state index in [1.165, 1.54) is 11.8 Å². The van der Waals surface area contributed by atoms with E-state index >= 15 is 0 Å². The molecule has 1 aromatic heterocycles. The molecule has 0 saturated heterocycles. The Kier molecular flexibility index (Phi) is 11.5. The van der Waals surface area contributed by atoms with E-state index in [1.54, 1.807) is 36.5 Å². The fourth-order valence-electron chi connectivity index (χ4n) is 4.20. The maximum Gasteiger partial charge on any atom is 0.326 e. The smallest absolute Gasteiger partial charge is 0.326 e. The van der Waals surface area contributed by atoms with Crippen molar-refractivity contribution in [3.8, 4) is 0 Å². The van der Waals surface area contributed by atoms with Crippen LogP contribution in [-0.2, 0) is 32.0 Å². The van der Waals surface area contributed by atoms with Gasteiger partial charge in [-0.15, -0.1) is 0 Å². The minimum Gasteiger partial charge on any atom is -0.480 e. The van der Waals surface area contributed by atoms with E-state index in [2.05, 4.69) is 20.9 Å². The average Bonchev–Trinajstić information content (AvgIpc) is 3.36. The van der Waals surface area contributed by atoms with E-state index in [4.69, 9.17) is 5.73 Å². The molecule has 0 aliphatic heterocycles. The summed E-state index contributed by atoms with van der Waals surface area (Å²) in [6.45, 7) is -0.722. The highest BCUT2D eigenvalue weighted by Crippen LogP contribution is 2.18. The summed E-state index contributed by atoms with van der Waals surface area (Å²) in [5, 5.41) is 27.9. The van der Waals surface area contributed by atoms with Gasteiger partial charge in [0, 0.05) is 23.5 Å². The molecule has 0 saturated carbocycles. The molecule has 8 N–H and O–H groups in total. The number of carboxylic acid groups (broad SMARTS) is 1. The highest BCUT2D eigenvalue weighted by molar-refractivity contribution is 7.98. The summed E-state index contributed by atoms with van der Waals surface area (Å²) in [6, 6.07) is 11.8. The zero-order valence-corrected chi connectivity index (χ0v) is 22.9. The van der Waals surface area contributed by atoms with Crippen LogP contribution in [0.1, 0.15) is 17.5 Å². The number of aromatic nitrogens is 1. The molecular formula is C28H35N5O6S. The van der Waals surface area contributed by atoms with Gasteiger partial charge >= 0.3 is 5.97 Å². The maximum absolute atomic E-state index is 13.0. The van der Waals surface area contributed by atoms with Crippen LogP contribution in [0.4, 0.5) is 0 Å². The minimum atomic E-state index is -1.36. The lowest BCUT2D eigenvalue weighted by atomic mass is 10.0. The first-order valence-electron chi connectivity index (χ1n) is 12.8. The summed E-state index contributed by atoms with van der Waals surface area (Å²) in [5.74, 6) is -2.81. The van der Waals surface area contributed by atoms with Gasteiger partial charge in [0.1, 0.15) is 18.1 Å². The Morgan fingerprint density at radius 2 is 1.50 bits per heavy atom. The number of nitrogens with one attached hydrogen (secondary N) is 4. The first-order chi connectivity index (χ1) is 19.2. The quantitative estimate of drug-likeness (QED) is 0.138. The number of hydrogen-bond acceptors (Lipinski definition) is 7. The highest BCUT2D eigenvalue weighted by Gasteiger charge is 2.30. The molecule has 0 aliphatic rings. The number of aromatic amines is 1. The van der Waals surface area contributed by atoms with Crippen molar-refractivity contribution in [2.45, 2.75) is 43.4 Å². The largest absolute Gasteiger partial charge is 0.480 e. The number of fused-ring (bicyclic) bond motifs is 1. The number of amides is 3. The number of carbonyl (C=O) groups is 4. The monoisotopic (exact) mass is 569 g/mol. The van der Waals surface area contributed by atoms with Gasteiger partial charge in [0.15, 0.2) is 0 Å². The van der Waals surface area contributed by atoms with Crippen molar-refractivity contribution in [1.29, 1.82) is 0 Å². The third-order valence-corrected chi connectivity index (χ3v) is 7.05. The van der Waals surface area contributed by atoms with E-state index in [1.807, 2.05) is 30.5 Å². The van der Waals surface area contributed by atoms with Crippen LogP contribution in [0, 0.1) is 0 Å². The summed E-state index contributed by atoms with van der Waals surface area (Å²) in [4.78, 5) is 53.7. The molecule has 214 valence electrons. The van der Waals surface area contributed by atoms with Crippen molar-refractivity contribution in [1.82, 2.24) is 20.9 Å². The standard InChI is InChI=1S/C28H35N5O6S/c1-40-12-11-22(26(36)32-23(28(38)39)13-17-7-3-2-4-8-17)31-27(37)24(16-34)33-25(35)20(29)14-18-15-30-21-10-6-5-9-19(18)21/h2-10,15,20,22-24,30,34H,11-14,16,29H2,1H3,(H,31,37)(H,32,36)(H,33,35)(H,38,39). The first kappa shape index (κ1) is 30.7. The van der Waals surface area contributed by atoms with E-state index in [0.717, 1.165) is 22.0 Å². The van der Waals surface area contributed by atoms with Crippen molar-refractivity contribution in [2.75, 3.05) is 18.6 Å². The van der Waals surface area contributed by atoms with Gasteiger partial charge < -0.3 is 36.9 Å². The van der Waals surface area contributed by atoms with E-state index in [-0.39, 0.29) is 19.3 Å². The number of carboxylic acids is 1. The lowest BCUT2D eigenvalue weighted by molar-refractivity contribution is -0.142. The van der Waals surface area contributed by atoms with Crippen molar-refractivity contribution >= 4 is 46.4 Å². The lowest BCUT2D eigenvalue weighted by Crippen LogP contribution is -2.58. The Bertz CT molecular complexity index is 1300. The van der Waals surface area contributed by atoms with Gasteiger partial charge in [0.2, 0.25) is 17.7 Å². The number of rotatable bonds is 15. The number of H-pyrrole nitrogens is 1. The number of hydrogen-bond donors (Lipinski definition) is 7. The van der Waals surface area contributed by atoms with Gasteiger partial charge in [-0.05, 0) is 42.0 Å². The molecule has 4 unspecified atom stereocenters. The fourth-order valence-corrected chi connectivity index (χ4v) is 4.67. The topological polar surface area (TPSA) is 187 Å². The number of para-hydroxylation sites is 1. The molecule has 4 atom stereocenters. The molecule has 0 spiro atoms. The zero-order chi connectivity index (χ0) is 29.1. The first-order valence-corrected chi connectivity index (χ1v) is 14.2. The number of aliphatic carboxylic acids is 1. The Morgan fingerprint density at radius 3 is 2.17 bits per heavy atom. The van der Waals surface area contributed by atoms with Crippen LogP contribution in [0.5, 0.6) is 0 Å². The minimum absolute atomic E-state index is 0.0642. The second-order valence-corrected chi connectivity index (χ2v) is 10.3. The second-order valence-electron chi connectivity index (χ2n) is 9.35. The number of benzene rings is 2. The van der Waals surface area contributed by atoms with Crippen molar-refractivity contribution in [3.63, 3.8) is 0 Å². The van der Waals surface area contributed by atoms with Crippen LogP contribution in [0.15, 0.2) is 60.8 Å². The lowest BCUT2D eigenvalue weighted by Gasteiger charge is -2.24. The van der Waals surface area contributed by atoms with Gasteiger partial charge in [-0.1, -0.05) is 48.5 Å². The molecule has 11 nitrogen and oxygen atoms in total. The Hall–Kier alpha value is -3.87. The van der Waals surface area contributed by atoms with Crippen LogP contribution in [-0.4, -0.2) is 81.7 Å². The summed E-state index contributed by atoms with van der Waals surface area (Å²) >= 11 is 1.45. The van der Waals surface area contributed by atoms with Crippen molar-refractivity contribution in [3.05, 3.63) is 71.9 Å². The van der Waals surface area contributed by atoms with Crippen LogP contribution in [0.25, 0.3) is 10.9 Å². The summed E-state index contributed by atoms with van der Waals surface area (Å²) in [6.07, 6.45) is 4.08. The van der Waals surface area contributed by atoms with E-state index < -0.39 is 54.5 Å². The Morgan fingerprint density at radius 1 is 0.875 bits per heavy atom. The fraction of sp³-hybridized carbons (Fsp3) is 0.357. The van der Waals surface area contributed by atoms with Crippen molar-refractivity contribution < 1.29 is 29.4 Å². The van der Waals surface area contributed by atoms with Gasteiger partial charge in [-0.2, -0.15) is 11.8 Å². The molecule has 0 bridgehead atoms. The molecule has 2 aromatic carbocycles. The number of carbonyl (C=O) groups excluding carboxylic acids is 3. The highest BCUT2D eigenvalue weighted by atomic mass is 32.2. The summed E-state index contributed by atoms with van der Waals surface area (Å²) in [7, 11) is 0. The Balaban J connectivity index is 1.62. The molecule has 3 rings (SSSR count). The molecule has 0 radical (unpaired) electrons. The molecule has 12 heteroatoms. The Labute approximate surface area is 236 Å². The van der Waals surface area contributed by atoms with Gasteiger partial charge in [-0.3, -0.25) is 14.4 Å². The third kappa shape index (κ3) is 8.57. The predicted molar refractivity (Wildman–Crippen MR) is 154 cm³/mol. The van der Waals surface area contributed by atoms with E-state index in [0.29, 0.717) is 5.75 Å². The van der Waals surface area contributed by atoms with Crippen LogP contribution in [0.2, 0.25) is 0 Å². The molecule has 40 heavy (non-hydrogen) atoms. The molecule has 1 heterocycles. The van der Waals surface area contributed by atoms with Crippen LogP contribution < -0.4 is 21.7 Å². The van der Waals surface area contributed by atoms with Crippen LogP contribution in [0.3, 0.4) is 0 Å². The maximum atomic E-state index is 13.0. The third-order valence-electron chi connectivity index (χ3n) is 6.41. The van der Waals surface area contributed by atoms with E-state index in [9.17, 15) is 29.4 Å². The second kappa shape index (κ2) is 15.1. The summed E-state index contributed by atoms with van der Waals surface area (Å²) in [5.41, 5.74) is 8.57. The normalized spacial score (nSPS) is 14.1. The molecule has 3 amide bonds. The molecule has 0 fully saturated rings.